The molecule has 0 saturated carbocycles. The minimum Gasteiger partial charge on any atom is -0.468 e. The van der Waals surface area contributed by atoms with Gasteiger partial charge in [-0.2, -0.15) is 13.2 Å². The van der Waals surface area contributed by atoms with E-state index in [0.717, 1.165) is 12.3 Å². The van der Waals surface area contributed by atoms with Crippen molar-refractivity contribution in [2.24, 2.45) is 0 Å². The number of ether oxygens (including phenoxy) is 1. The van der Waals surface area contributed by atoms with Crippen molar-refractivity contribution in [2.75, 3.05) is 19.0 Å². The average Bonchev–Trinajstić information content (AvgIpc) is 2.15. The molecule has 0 amide bonds. The lowest BCUT2D eigenvalue weighted by molar-refractivity contribution is -0.154. The van der Waals surface area contributed by atoms with Crippen LogP contribution in [0.2, 0.25) is 0 Å². The summed E-state index contributed by atoms with van der Waals surface area (Å²) in [4.78, 5) is 3.35. The van der Waals surface area contributed by atoms with E-state index in [1.165, 1.54) is 7.05 Å². The molecular formula is C8H8F4N2O. The Morgan fingerprint density at radius 1 is 1.47 bits per heavy atom. The summed E-state index contributed by atoms with van der Waals surface area (Å²) in [5.74, 6) is -0.935. The summed E-state index contributed by atoms with van der Waals surface area (Å²) >= 11 is 0. The van der Waals surface area contributed by atoms with Gasteiger partial charge in [-0.15, -0.1) is 0 Å². The fraction of sp³-hybridized carbons (Fsp3) is 0.375. The average molecular weight is 224 g/mol. The minimum atomic E-state index is -4.43. The zero-order chi connectivity index (χ0) is 11.5. The van der Waals surface area contributed by atoms with Gasteiger partial charge in [0.25, 0.3) is 0 Å². The van der Waals surface area contributed by atoms with Crippen LogP contribution < -0.4 is 10.1 Å². The molecule has 3 nitrogen and oxygen atoms in total. The number of alkyl halides is 3. The topological polar surface area (TPSA) is 34.1 Å². The Hall–Kier alpha value is -1.53. The quantitative estimate of drug-likeness (QED) is 0.799. The summed E-state index contributed by atoms with van der Waals surface area (Å²) in [5, 5.41) is 2.46. The maximum atomic E-state index is 12.8. The Bertz CT molecular complexity index is 340. The number of halogens is 4. The SMILES string of the molecule is CNc1cc(OCC(F)(F)F)ncc1F. The summed E-state index contributed by atoms with van der Waals surface area (Å²) in [6, 6.07) is 1.06. The van der Waals surface area contributed by atoms with Crippen LogP contribution in [0.3, 0.4) is 0 Å². The molecule has 84 valence electrons. The molecule has 0 aliphatic heterocycles. The Labute approximate surface area is 83.1 Å². The van der Waals surface area contributed by atoms with E-state index in [1.807, 2.05) is 0 Å². The third kappa shape index (κ3) is 3.61. The molecule has 1 aromatic heterocycles. The molecular weight excluding hydrogens is 216 g/mol. The summed E-state index contributed by atoms with van der Waals surface area (Å²) in [7, 11) is 1.44. The van der Waals surface area contributed by atoms with Gasteiger partial charge in [-0.25, -0.2) is 9.37 Å². The predicted octanol–water partition coefficient (Wildman–Crippen LogP) is 2.20. The van der Waals surface area contributed by atoms with E-state index < -0.39 is 18.6 Å². The first-order valence-electron chi connectivity index (χ1n) is 3.95. The van der Waals surface area contributed by atoms with Crippen LogP contribution in [0, 0.1) is 5.82 Å². The Balaban J connectivity index is 2.70. The first-order valence-corrected chi connectivity index (χ1v) is 3.95. The van der Waals surface area contributed by atoms with Crippen LogP contribution in [0.4, 0.5) is 23.2 Å². The van der Waals surface area contributed by atoms with Gasteiger partial charge in [0.15, 0.2) is 12.4 Å². The molecule has 1 heterocycles. The van der Waals surface area contributed by atoms with Crippen LogP contribution in [0.5, 0.6) is 5.88 Å². The molecule has 0 radical (unpaired) electrons. The maximum absolute atomic E-state index is 12.8. The standard InChI is InChI=1S/C8H8F4N2O/c1-13-6-2-7(14-3-5(6)9)15-4-8(10,11)12/h2-3H,4H2,1H3,(H,13,14). The van der Waals surface area contributed by atoms with Gasteiger partial charge >= 0.3 is 6.18 Å². The fourth-order valence-electron chi connectivity index (χ4n) is 0.846. The van der Waals surface area contributed by atoms with Crippen LogP contribution in [0.1, 0.15) is 0 Å². The normalized spacial score (nSPS) is 11.3. The summed E-state index contributed by atoms with van der Waals surface area (Å²) < 4.78 is 52.4. The highest BCUT2D eigenvalue weighted by Crippen LogP contribution is 2.20. The number of nitrogens with zero attached hydrogens (tertiary/aromatic N) is 1. The first kappa shape index (κ1) is 11.5. The molecule has 1 rings (SSSR count). The van der Waals surface area contributed by atoms with Gasteiger partial charge in [-0.3, -0.25) is 0 Å². The Kier molecular flexibility index (Phi) is 3.33. The van der Waals surface area contributed by atoms with Crippen molar-refractivity contribution >= 4 is 5.69 Å². The molecule has 0 unspecified atom stereocenters. The zero-order valence-corrected chi connectivity index (χ0v) is 7.73. The van der Waals surface area contributed by atoms with Gasteiger partial charge in [0, 0.05) is 13.1 Å². The number of hydrogen-bond donors (Lipinski definition) is 1. The summed E-state index contributed by atoms with van der Waals surface area (Å²) in [6.45, 7) is -1.45. The number of pyridine rings is 1. The molecule has 0 aliphatic carbocycles. The van der Waals surface area contributed by atoms with Crippen molar-refractivity contribution in [1.29, 1.82) is 0 Å². The number of nitrogens with one attached hydrogen (secondary N) is 1. The number of aromatic nitrogens is 1. The smallest absolute Gasteiger partial charge is 0.422 e. The largest absolute Gasteiger partial charge is 0.468 e. The summed E-state index contributed by atoms with van der Waals surface area (Å²) in [5.41, 5.74) is 0.0298. The van der Waals surface area contributed by atoms with Crippen LogP contribution in [-0.4, -0.2) is 24.8 Å². The second-order valence-corrected chi connectivity index (χ2v) is 2.66. The summed E-state index contributed by atoms with van der Waals surface area (Å²) in [6.07, 6.45) is -3.65. The van der Waals surface area contributed by atoms with Crippen molar-refractivity contribution < 1.29 is 22.3 Å². The van der Waals surface area contributed by atoms with Crippen LogP contribution in [-0.2, 0) is 0 Å². The maximum Gasteiger partial charge on any atom is 0.422 e. The third-order valence-electron chi connectivity index (χ3n) is 1.48. The van der Waals surface area contributed by atoms with E-state index in [9.17, 15) is 17.6 Å². The molecule has 0 aromatic carbocycles. The lowest BCUT2D eigenvalue weighted by Crippen LogP contribution is -2.19. The molecule has 0 bridgehead atoms. The molecule has 0 aliphatic rings. The predicted molar refractivity (Wildman–Crippen MR) is 45.3 cm³/mol. The van der Waals surface area contributed by atoms with Crippen LogP contribution >= 0.6 is 0 Å². The van der Waals surface area contributed by atoms with E-state index >= 15 is 0 Å². The van der Waals surface area contributed by atoms with Gasteiger partial charge in [-0.05, 0) is 0 Å². The first-order chi connectivity index (χ1) is 6.92. The third-order valence-corrected chi connectivity index (χ3v) is 1.48. The van der Waals surface area contributed by atoms with E-state index in [1.54, 1.807) is 0 Å². The van der Waals surface area contributed by atoms with Crippen molar-refractivity contribution in [3.63, 3.8) is 0 Å². The molecule has 0 fully saturated rings. The second kappa shape index (κ2) is 4.33. The molecule has 0 spiro atoms. The van der Waals surface area contributed by atoms with Crippen molar-refractivity contribution in [2.45, 2.75) is 6.18 Å². The Morgan fingerprint density at radius 2 is 2.13 bits per heavy atom. The highest BCUT2D eigenvalue weighted by molar-refractivity contribution is 5.45. The van der Waals surface area contributed by atoms with E-state index in [2.05, 4.69) is 15.0 Å². The van der Waals surface area contributed by atoms with Gasteiger partial charge in [-0.1, -0.05) is 0 Å². The second-order valence-electron chi connectivity index (χ2n) is 2.66. The van der Waals surface area contributed by atoms with Crippen molar-refractivity contribution in [1.82, 2.24) is 4.98 Å². The molecule has 1 N–H and O–H groups in total. The fourth-order valence-corrected chi connectivity index (χ4v) is 0.846. The van der Waals surface area contributed by atoms with E-state index in [0.29, 0.717) is 0 Å². The molecule has 0 atom stereocenters. The number of rotatable bonds is 3. The molecule has 0 saturated heterocycles. The zero-order valence-electron chi connectivity index (χ0n) is 7.73. The van der Waals surface area contributed by atoms with E-state index in [4.69, 9.17) is 0 Å². The van der Waals surface area contributed by atoms with Crippen molar-refractivity contribution in [3.8, 4) is 5.88 Å². The number of anilines is 1. The van der Waals surface area contributed by atoms with Gasteiger partial charge in [0.05, 0.1) is 11.9 Å². The Morgan fingerprint density at radius 3 is 2.67 bits per heavy atom. The molecule has 7 heteroatoms. The van der Waals surface area contributed by atoms with Gasteiger partial charge in [0.2, 0.25) is 5.88 Å². The number of hydrogen-bond acceptors (Lipinski definition) is 3. The van der Waals surface area contributed by atoms with Gasteiger partial charge < -0.3 is 10.1 Å². The van der Waals surface area contributed by atoms with Crippen LogP contribution in [0.15, 0.2) is 12.3 Å². The lowest BCUT2D eigenvalue weighted by Gasteiger charge is -2.09. The molecule has 15 heavy (non-hydrogen) atoms. The highest BCUT2D eigenvalue weighted by atomic mass is 19.4. The lowest BCUT2D eigenvalue weighted by atomic mass is 10.4. The van der Waals surface area contributed by atoms with E-state index in [-0.39, 0.29) is 11.6 Å². The monoisotopic (exact) mass is 224 g/mol. The van der Waals surface area contributed by atoms with Crippen LogP contribution in [0.25, 0.3) is 0 Å². The molecule has 1 aromatic rings. The minimum absolute atomic E-state index is 0.0298. The highest BCUT2D eigenvalue weighted by Gasteiger charge is 2.28. The van der Waals surface area contributed by atoms with Gasteiger partial charge in [0.1, 0.15) is 0 Å². The van der Waals surface area contributed by atoms with Crippen molar-refractivity contribution in [3.05, 3.63) is 18.1 Å².